The first kappa shape index (κ1) is 12.6. The quantitative estimate of drug-likeness (QED) is 0.926. The minimum absolute atomic E-state index is 0.130. The van der Waals surface area contributed by atoms with Gasteiger partial charge in [0, 0.05) is 10.0 Å². The van der Waals surface area contributed by atoms with Gasteiger partial charge in [0.25, 0.3) is 0 Å². The molecule has 0 radical (unpaired) electrons. The van der Waals surface area contributed by atoms with Gasteiger partial charge in [-0.3, -0.25) is 0 Å². The number of carboxylic acids is 1. The van der Waals surface area contributed by atoms with Crippen LogP contribution in [0.1, 0.15) is 16.1 Å². The number of nitrogens with zero attached hydrogens (tertiary/aromatic N) is 2. The van der Waals surface area contributed by atoms with Crippen molar-refractivity contribution < 1.29 is 14.3 Å². The molecule has 0 aliphatic carbocycles. The maximum atomic E-state index is 13.6. The molecule has 1 heterocycles. The fourth-order valence-electron chi connectivity index (χ4n) is 1.52. The SMILES string of the molecule is Cc1cc(-c2cc(Br)ccc2F)nnc1C(=O)O. The molecule has 4 nitrogen and oxygen atoms in total. The van der Waals surface area contributed by atoms with E-state index < -0.39 is 11.8 Å². The Morgan fingerprint density at radius 1 is 1.33 bits per heavy atom. The highest BCUT2D eigenvalue weighted by Crippen LogP contribution is 2.25. The average molecular weight is 311 g/mol. The van der Waals surface area contributed by atoms with E-state index in [-0.39, 0.29) is 11.3 Å². The minimum atomic E-state index is -1.15. The molecule has 18 heavy (non-hydrogen) atoms. The maximum absolute atomic E-state index is 13.6. The van der Waals surface area contributed by atoms with Crippen molar-refractivity contribution in [2.75, 3.05) is 0 Å². The van der Waals surface area contributed by atoms with E-state index in [0.717, 1.165) is 0 Å². The van der Waals surface area contributed by atoms with Crippen molar-refractivity contribution in [2.24, 2.45) is 0 Å². The highest BCUT2D eigenvalue weighted by Gasteiger charge is 2.13. The van der Waals surface area contributed by atoms with Crippen LogP contribution in [-0.2, 0) is 0 Å². The summed E-state index contributed by atoms with van der Waals surface area (Å²) < 4.78 is 14.4. The van der Waals surface area contributed by atoms with E-state index in [1.54, 1.807) is 19.1 Å². The number of carbonyl (C=O) groups is 1. The zero-order valence-electron chi connectivity index (χ0n) is 9.32. The molecule has 1 aromatic heterocycles. The van der Waals surface area contributed by atoms with Gasteiger partial charge >= 0.3 is 5.97 Å². The molecule has 0 spiro atoms. The number of aryl methyl sites for hydroxylation is 1. The Kier molecular flexibility index (Phi) is 3.38. The van der Waals surface area contributed by atoms with Crippen molar-refractivity contribution in [3.8, 4) is 11.3 Å². The van der Waals surface area contributed by atoms with E-state index in [1.165, 1.54) is 12.1 Å². The predicted molar refractivity (Wildman–Crippen MR) is 66.8 cm³/mol. The van der Waals surface area contributed by atoms with Crippen LogP contribution in [0.15, 0.2) is 28.7 Å². The van der Waals surface area contributed by atoms with Gasteiger partial charge < -0.3 is 5.11 Å². The number of carboxylic acid groups (broad SMARTS) is 1. The smallest absolute Gasteiger partial charge is 0.356 e. The molecular formula is C12H8BrFN2O2. The molecule has 0 saturated carbocycles. The number of rotatable bonds is 2. The molecule has 0 amide bonds. The fraction of sp³-hybridized carbons (Fsp3) is 0.0833. The molecule has 92 valence electrons. The Hall–Kier alpha value is -1.82. The maximum Gasteiger partial charge on any atom is 0.356 e. The van der Waals surface area contributed by atoms with Gasteiger partial charge in [0.05, 0.1) is 5.69 Å². The lowest BCUT2D eigenvalue weighted by atomic mass is 10.1. The first-order chi connectivity index (χ1) is 8.49. The number of hydrogen-bond donors (Lipinski definition) is 1. The Bertz CT molecular complexity index is 631. The molecule has 0 fully saturated rings. The van der Waals surface area contributed by atoms with Gasteiger partial charge in [-0.05, 0) is 36.8 Å². The largest absolute Gasteiger partial charge is 0.476 e. The van der Waals surface area contributed by atoms with E-state index in [9.17, 15) is 9.18 Å². The van der Waals surface area contributed by atoms with Gasteiger partial charge in [0.1, 0.15) is 5.82 Å². The van der Waals surface area contributed by atoms with Crippen molar-refractivity contribution in [3.63, 3.8) is 0 Å². The second kappa shape index (κ2) is 4.81. The summed E-state index contributed by atoms with van der Waals surface area (Å²) in [7, 11) is 0. The summed E-state index contributed by atoms with van der Waals surface area (Å²) in [4.78, 5) is 10.8. The van der Waals surface area contributed by atoms with Crippen LogP contribution in [0.2, 0.25) is 0 Å². The van der Waals surface area contributed by atoms with Crippen molar-refractivity contribution in [2.45, 2.75) is 6.92 Å². The minimum Gasteiger partial charge on any atom is -0.476 e. The van der Waals surface area contributed by atoms with Gasteiger partial charge in [-0.1, -0.05) is 15.9 Å². The highest BCUT2D eigenvalue weighted by atomic mass is 79.9. The third-order valence-electron chi connectivity index (χ3n) is 2.39. The summed E-state index contributed by atoms with van der Waals surface area (Å²) in [5.41, 5.74) is 0.884. The van der Waals surface area contributed by atoms with Crippen LogP contribution in [-0.4, -0.2) is 21.3 Å². The molecule has 0 unspecified atom stereocenters. The zero-order chi connectivity index (χ0) is 13.3. The Morgan fingerprint density at radius 2 is 2.06 bits per heavy atom. The average Bonchev–Trinajstić information content (AvgIpc) is 2.31. The van der Waals surface area contributed by atoms with Gasteiger partial charge in [-0.15, -0.1) is 10.2 Å². The number of halogens is 2. The number of hydrogen-bond acceptors (Lipinski definition) is 3. The summed E-state index contributed by atoms with van der Waals surface area (Å²) in [5.74, 6) is -1.59. The van der Waals surface area contributed by atoms with Crippen LogP contribution < -0.4 is 0 Å². The predicted octanol–water partition coefficient (Wildman–Crippen LogP) is 3.05. The summed E-state index contributed by atoms with van der Waals surface area (Å²) in [5, 5.41) is 16.2. The second-order valence-electron chi connectivity index (χ2n) is 3.69. The van der Waals surface area contributed by atoms with Crippen LogP contribution in [0.25, 0.3) is 11.3 Å². The van der Waals surface area contributed by atoms with Gasteiger partial charge in [0.15, 0.2) is 5.69 Å². The normalized spacial score (nSPS) is 10.4. The Morgan fingerprint density at radius 3 is 2.67 bits per heavy atom. The van der Waals surface area contributed by atoms with E-state index in [2.05, 4.69) is 26.1 Å². The summed E-state index contributed by atoms with van der Waals surface area (Å²) in [6.45, 7) is 1.59. The third kappa shape index (κ3) is 2.38. The molecule has 2 rings (SSSR count). The molecule has 1 N–H and O–H groups in total. The van der Waals surface area contributed by atoms with E-state index in [1.807, 2.05) is 0 Å². The molecule has 1 aromatic carbocycles. The fourth-order valence-corrected chi connectivity index (χ4v) is 1.88. The molecule has 6 heteroatoms. The summed E-state index contributed by atoms with van der Waals surface area (Å²) in [6.07, 6.45) is 0. The molecule has 0 saturated heterocycles. The molecule has 0 atom stereocenters. The van der Waals surface area contributed by atoms with Crippen LogP contribution in [0.5, 0.6) is 0 Å². The lowest BCUT2D eigenvalue weighted by Gasteiger charge is -2.05. The number of benzene rings is 1. The second-order valence-corrected chi connectivity index (χ2v) is 4.61. The monoisotopic (exact) mass is 310 g/mol. The summed E-state index contributed by atoms with van der Waals surface area (Å²) in [6, 6.07) is 5.95. The first-order valence-electron chi connectivity index (χ1n) is 5.02. The van der Waals surface area contributed by atoms with E-state index >= 15 is 0 Å². The van der Waals surface area contributed by atoms with E-state index in [0.29, 0.717) is 15.7 Å². The van der Waals surface area contributed by atoms with Gasteiger partial charge in [-0.25, -0.2) is 9.18 Å². The molecule has 0 aliphatic rings. The first-order valence-corrected chi connectivity index (χ1v) is 5.81. The van der Waals surface area contributed by atoms with Crippen LogP contribution in [0, 0.1) is 12.7 Å². The lowest BCUT2D eigenvalue weighted by molar-refractivity contribution is 0.0688. The standard InChI is InChI=1S/C12H8BrFN2O2/c1-6-4-10(15-16-11(6)12(17)18)8-5-7(13)2-3-9(8)14/h2-5H,1H3,(H,17,18). The third-order valence-corrected chi connectivity index (χ3v) is 2.88. The zero-order valence-corrected chi connectivity index (χ0v) is 10.9. The Labute approximate surface area is 111 Å². The summed E-state index contributed by atoms with van der Waals surface area (Å²) >= 11 is 3.24. The van der Waals surface area contributed by atoms with Crippen molar-refractivity contribution in [1.82, 2.24) is 10.2 Å². The molecule has 0 aliphatic heterocycles. The highest BCUT2D eigenvalue weighted by molar-refractivity contribution is 9.10. The molecular weight excluding hydrogens is 303 g/mol. The van der Waals surface area contributed by atoms with Crippen molar-refractivity contribution in [3.05, 3.63) is 45.8 Å². The molecule has 2 aromatic rings. The van der Waals surface area contributed by atoms with Gasteiger partial charge in [-0.2, -0.15) is 0 Å². The molecule has 0 bridgehead atoms. The van der Waals surface area contributed by atoms with Crippen molar-refractivity contribution in [1.29, 1.82) is 0 Å². The Balaban J connectivity index is 2.55. The number of aromatic nitrogens is 2. The number of aromatic carboxylic acids is 1. The van der Waals surface area contributed by atoms with Crippen LogP contribution in [0.3, 0.4) is 0 Å². The topological polar surface area (TPSA) is 63.1 Å². The lowest BCUT2D eigenvalue weighted by Crippen LogP contribution is -2.06. The van der Waals surface area contributed by atoms with Gasteiger partial charge in [0.2, 0.25) is 0 Å². The van der Waals surface area contributed by atoms with Crippen molar-refractivity contribution >= 4 is 21.9 Å². The van der Waals surface area contributed by atoms with Crippen LogP contribution in [0.4, 0.5) is 4.39 Å². The van der Waals surface area contributed by atoms with Crippen LogP contribution >= 0.6 is 15.9 Å². The van der Waals surface area contributed by atoms with E-state index in [4.69, 9.17) is 5.11 Å².